The fourth-order valence-electron chi connectivity index (χ4n) is 3.19. The quantitative estimate of drug-likeness (QED) is 0.429. The lowest BCUT2D eigenvalue weighted by atomic mass is 10.1. The fraction of sp³-hybridized carbons (Fsp3) is 0.227. The Morgan fingerprint density at radius 1 is 1.10 bits per heavy atom. The van der Waals surface area contributed by atoms with Crippen LogP contribution in [0.5, 0.6) is 0 Å². The molecule has 0 radical (unpaired) electrons. The summed E-state index contributed by atoms with van der Waals surface area (Å²) in [4.78, 5) is 16.3. The smallest absolute Gasteiger partial charge is 0.230 e. The Labute approximate surface area is 184 Å². The standard InChI is InChI=1S/C22H23N7OS/c1-3-28-21(19-7-5-4-6-16(19)2)26-27-22(28)31-13-20(30)24-12-17-8-10-18(11-9-17)29-15-23-14-25-29/h4-11,14-15H,3,12-13H2,1-2H3,(H,24,30). The molecule has 0 aliphatic carbocycles. The maximum atomic E-state index is 12.4. The van der Waals surface area contributed by atoms with Crippen molar-refractivity contribution in [3.8, 4) is 17.1 Å². The summed E-state index contributed by atoms with van der Waals surface area (Å²) in [5, 5.41) is 16.5. The molecule has 9 heteroatoms. The van der Waals surface area contributed by atoms with Gasteiger partial charge in [0, 0.05) is 18.7 Å². The van der Waals surface area contributed by atoms with Gasteiger partial charge in [-0.25, -0.2) is 9.67 Å². The van der Waals surface area contributed by atoms with Crippen LogP contribution in [0.3, 0.4) is 0 Å². The van der Waals surface area contributed by atoms with Gasteiger partial charge in [0.25, 0.3) is 0 Å². The average Bonchev–Trinajstić information content (AvgIpc) is 3.47. The van der Waals surface area contributed by atoms with Crippen molar-refractivity contribution in [1.29, 1.82) is 0 Å². The van der Waals surface area contributed by atoms with E-state index >= 15 is 0 Å². The summed E-state index contributed by atoms with van der Waals surface area (Å²) in [7, 11) is 0. The number of amides is 1. The third-order valence-corrected chi connectivity index (χ3v) is 5.83. The van der Waals surface area contributed by atoms with Crippen molar-refractivity contribution in [2.75, 3.05) is 5.75 Å². The largest absolute Gasteiger partial charge is 0.351 e. The van der Waals surface area contributed by atoms with Gasteiger partial charge in [-0.15, -0.1) is 10.2 Å². The average molecular weight is 434 g/mol. The van der Waals surface area contributed by atoms with Gasteiger partial charge in [0.2, 0.25) is 5.91 Å². The number of carbonyl (C=O) groups is 1. The molecule has 158 valence electrons. The van der Waals surface area contributed by atoms with Crippen LogP contribution in [0.2, 0.25) is 0 Å². The van der Waals surface area contributed by atoms with Gasteiger partial charge < -0.3 is 9.88 Å². The van der Waals surface area contributed by atoms with E-state index in [4.69, 9.17) is 0 Å². The van der Waals surface area contributed by atoms with Gasteiger partial charge in [0.05, 0.1) is 11.4 Å². The van der Waals surface area contributed by atoms with Crippen molar-refractivity contribution in [3.05, 3.63) is 72.3 Å². The zero-order valence-electron chi connectivity index (χ0n) is 17.4. The van der Waals surface area contributed by atoms with Crippen molar-refractivity contribution >= 4 is 17.7 Å². The Balaban J connectivity index is 1.33. The first-order chi connectivity index (χ1) is 15.2. The first-order valence-electron chi connectivity index (χ1n) is 9.98. The lowest BCUT2D eigenvalue weighted by Crippen LogP contribution is -2.24. The normalized spacial score (nSPS) is 10.9. The summed E-state index contributed by atoms with van der Waals surface area (Å²) >= 11 is 1.40. The number of hydrogen-bond acceptors (Lipinski definition) is 6. The molecule has 2 aromatic heterocycles. The van der Waals surface area contributed by atoms with E-state index in [-0.39, 0.29) is 11.7 Å². The lowest BCUT2D eigenvalue weighted by molar-refractivity contribution is -0.118. The molecule has 0 spiro atoms. The topological polar surface area (TPSA) is 90.5 Å². The number of nitrogens with zero attached hydrogens (tertiary/aromatic N) is 6. The van der Waals surface area contributed by atoms with E-state index in [2.05, 4.69) is 45.5 Å². The molecule has 0 fully saturated rings. The van der Waals surface area contributed by atoms with Crippen LogP contribution in [0.4, 0.5) is 0 Å². The number of thioether (sulfide) groups is 1. The molecule has 0 aliphatic rings. The summed E-state index contributed by atoms with van der Waals surface area (Å²) in [6, 6.07) is 15.9. The summed E-state index contributed by atoms with van der Waals surface area (Å²) in [6.45, 7) is 5.31. The number of rotatable bonds is 8. The van der Waals surface area contributed by atoms with E-state index in [1.165, 1.54) is 18.1 Å². The second kappa shape index (κ2) is 9.57. The number of aryl methyl sites for hydroxylation is 1. The molecule has 1 amide bonds. The third-order valence-electron chi connectivity index (χ3n) is 4.86. The first kappa shape index (κ1) is 20.8. The van der Waals surface area contributed by atoms with E-state index in [1.54, 1.807) is 11.0 Å². The molecule has 0 saturated heterocycles. The highest BCUT2D eigenvalue weighted by Gasteiger charge is 2.15. The van der Waals surface area contributed by atoms with Crippen LogP contribution >= 0.6 is 11.8 Å². The molecule has 2 aromatic carbocycles. The van der Waals surface area contributed by atoms with Crippen molar-refractivity contribution in [2.24, 2.45) is 0 Å². The highest BCUT2D eigenvalue weighted by molar-refractivity contribution is 7.99. The van der Waals surface area contributed by atoms with E-state index < -0.39 is 0 Å². The molecule has 0 saturated carbocycles. The molecule has 1 N–H and O–H groups in total. The Bertz CT molecular complexity index is 1150. The predicted molar refractivity (Wildman–Crippen MR) is 120 cm³/mol. The van der Waals surface area contributed by atoms with Gasteiger partial charge in [-0.1, -0.05) is 48.2 Å². The Kier molecular flexibility index (Phi) is 6.42. The first-order valence-corrected chi connectivity index (χ1v) is 11.0. The van der Waals surface area contributed by atoms with Crippen molar-refractivity contribution in [1.82, 2.24) is 34.8 Å². The van der Waals surface area contributed by atoms with Gasteiger partial charge in [-0.3, -0.25) is 4.79 Å². The van der Waals surface area contributed by atoms with Gasteiger partial charge >= 0.3 is 0 Å². The minimum absolute atomic E-state index is 0.0477. The van der Waals surface area contributed by atoms with E-state index in [9.17, 15) is 4.79 Å². The molecule has 0 bridgehead atoms. The van der Waals surface area contributed by atoms with Crippen LogP contribution < -0.4 is 5.32 Å². The second-order valence-corrected chi connectivity index (χ2v) is 7.88. The molecule has 4 aromatic rings. The maximum absolute atomic E-state index is 12.4. The van der Waals surface area contributed by atoms with Crippen LogP contribution in [0, 0.1) is 6.92 Å². The van der Waals surface area contributed by atoms with Crippen LogP contribution in [-0.2, 0) is 17.9 Å². The Hall–Kier alpha value is -3.46. The monoisotopic (exact) mass is 433 g/mol. The number of hydrogen-bond donors (Lipinski definition) is 1. The van der Waals surface area contributed by atoms with E-state index in [0.29, 0.717) is 6.54 Å². The SMILES string of the molecule is CCn1c(SCC(=O)NCc2ccc(-n3cncn3)cc2)nnc1-c1ccccc1C. The third kappa shape index (κ3) is 4.83. The summed E-state index contributed by atoms with van der Waals surface area (Å²) in [5.74, 6) is 1.06. The molecule has 4 rings (SSSR count). The Morgan fingerprint density at radius 2 is 1.90 bits per heavy atom. The van der Waals surface area contributed by atoms with Crippen LogP contribution in [-0.4, -0.2) is 41.2 Å². The van der Waals surface area contributed by atoms with Gasteiger partial charge in [0.1, 0.15) is 12.7 Å². The number of aromatic nitrogens is 6. The summed E-state index contributed by atoms with van der Waals surface area (Å²) in [5.41, 5.74) is 4.14. The molecule has 31 heavy (non-hydrogen) atoms. The van der Waals surface area contributed by atoms with Gasteiger partial charge in [-0.05, 0) is 37.1 Å². The number of carbonyl (C=O) groups excluding carboxylic acids is 1. The summed E-state index contributed by atoms with van der Waals surface area (Å²) < 4.78 is 3.73. The van der Waals surface area contributed by atoms with Crippen LogP contribution in [0.25, 0.3) is 17.1 Å². The minimum Gasteiger partial charge on any atom is -0.351 e. The molecule has 0 unspecified atom stereocenters. The molecule has 2 heterocycles. The van der Waals surface area contributed by atoms with Gasteiger partial charge in [-0.2, -0.15) is 5.10 Å². The molecular weight excluding hydrogens is 410 g/mol. The van der Waals surface area contributed by atoms with E-state index in [1.807, 2.05) is 47.0 Å². The van der Waals surface area contributed by atoms with Crippen molar-refractivity contribution in [3.63, 3.8) is 0 Å². The molecule has 0 aliphatic heterocycles. The van der Waals surface area contributed by atoms with Crippen LogP contribution in [0.1, 0.15) is 18.1 Å². The van der Waals surface area contributed by atoms with Crippen molar-refractivity contribution in [2.45, 2.75) is 32.1 Å². The van der Waals surface area contributed by atoms with Crippen LogP contribution in [0.15, 0.2) is 66.3 Å². The van der Waals surface area contributed by atoms with Gasteiger partial charge in [0.15, 0.2) is 11.0 Å². The highest BCUT2D eigenvalue weighted by Crippen LogP contribution is 2.26. The van der Waals surface area contributed by atoms with E-state index in [0.717, 1.165) is 39.9 Å². The van der Waals surface area contributed by atoms with Crippen molar-refractivity contribution < 1.29 is 4.79 Å². The molecule has 0 atom stereocenters. The number of nitrogens with one attached hydrogen (secondary N) is 1. The zero-order chi connectivity index (χ0) is 21.6. The fourth-order valence-corrected chi connectivity index (χ4v) is 4.03. The summed E-state index contributed by atoms with van der Waals surface area (Å²) in [6.07, 6.45) is 3.14. The molecule has 8 nitrogen and oxygen atoms in total. The molecular formula is C22H23N7OS. The predicted octanol–water partition coefficient (Wildman–Crippen LogP) is 3.26. The maximum Gasteiger partial charge on any atom is 0.230 e. The zero-order valence-corrected chi connectivity index (χ0v) is 18.2. The lowest BCUT2D eigenvalue weighted by Gasteiger charge is -2.09. The minimum atomic E-state index is -0.0477. The Morgan fingerprint density at radius 3 is 2.61 bits per heavy atom. The highest BCUT2D eigenvalue weighted by atomic mass is 32.2. The number of benzene rings is 2. The second-order valence-electron chi connectivity index (χ2n) is 6.94.